The van der Waals surface area contributed by atoms with Crippen LogP contribution in [0.25, 0.3) is 28.1 Å². The van der Waals surface area contributed by atoms with E-state index in [0.29, 0.717) is 5.82 Å². The third kappa shape index (κ3) is 2.93. The molecular formula is C22H19N3O. The van der Waals surface area contributed by atoms with Crippen LogP contribution in [0, 0.1) is 0 Å². The Morgan fingerprint density at radius 2 is 1.50 bits per heavy atom. The molecule has 4 nitrogen and oxygen atoms in total. The fraction of sp³-hybridized carbons (Fsp3) is 0.0455. The van der Waals surface area contributed by atoms with E-state index in [1.807, 2.05) is 65.3 Å². The molecule has 4 heteroatoms. The minimum absolute atomic E-state index is 0.494. The molecule has 0 aliphatic rings. The summed E-state index contributed by atoms with van der Waals surface area (Å²) < 4.78 is 7.17. The van der Waals surface area contributed by atoms with Crippen LogP contribution < -0.4 is 10.5 Å². The van der Waals surface area contributed by atoms with Crippen LogP contribution in [0.4, 0.5) is 5.82 Å². The molecule has 0 atom stereocenters. The molecule has 0 unspecified atom stereocenters. The summed E-state index contributed by atoms with van der Waals surface area (Å²) in [6.45, 7) is 0. The first-order chi connectivity index (χ1) is 12.8. The second-order valence-corrected chi connectivity index (χ2v) is 5.98. The molecule has 26 heavy (non-hydrogen) atoms. The monoisotopic (exact) mass is 341 g/mol. The first-order valence-corrected chi connectivity index (χ1v) is 8.41. The molecule has 2 N–H and O–H groups in total. The summed E-state index contributed by atoms with van der Waals surface area (Å²) in [5.41, 5.74) is 11.2. The van der Waals surface area contributed by atoms with Crippen molar-refractivity contribution >= 4 is 5.82 Å². The Kier molecular flexibility index (Phi) is 4.15. The maximum atomic E-state index is 6.03. The maximum absolute atomic E-state index is 6.03. The minimum atomic E-state index is 0.494. The summed E-state index contributed by atoms with van der Waals surface area (Å²) in [5, 5.41) is 4.55. The zero-order valence-electron chi connectivity index (χ0n) is 14.5. The van der Waals surface area contributed by atoms with Crippen LogP contribution in [0.1, 0.15) is 0 Å². The number of ether oxygens (including phenoxy) is 1. The number of para-hydroxylation sites is 1. The maximum Gasteiger partial charge on any atom is 0.146 e. The molecule has 0 radical (unpaired) electrons. The highest BCUT2D eigenvalue weighted by molar-refractivity contribution is 5.76. The van der Waals surface area contributed by atoms with Gasteiger partial charge in [0.1, 0.15) is 11.6 Å². The fourth-order valence-electron chi connectivity index (χ4n) is 3.07. The molecule has 0 fully saturated rings. The van der Waals surface area contributed by atoms with Crippen molar-refractivity contribution in [2.75, 3.05) is 12.8 Å². The number of nitrogens with two attached hydrogens (primary N) is 1. The molecule has 0 amide bonds. The van der Waals surface area contributed by atoms with Gasteiger partial charge in [0.25, 0.3) is 0 Å². The van der Waals surface area contributed by atoms with Crippen LogP contribution >= 0.6 is 0 Å². The molecule has 0 saturated heterocycles. The first kappa shape index (κ1) is 16.0. The van der Waals surface area contributed by atoms with Gasteiger partial charge in [-0.15, -0.1) is 0 Å². The lowest BCUT2D eigenvalue weighted by atomic mass is 10.0. The van der Waals surface area contributed by atoms with E-state index in [1.54, 1.807) is 7.11 Å². The second-order valence-electron chi connectivity index (χ2n) is 5.98. The molecule has 4 rings (SSSR count). The van der Waals surface area contributed by atoms with Crippen LogP contribution in [0.15, 0.2) is 84.9 Å². The van der Waals surface area contributed by atoms with Gasteiger partial charge in [0.2, 0.25) is 0 Å². The van der Waals surface area contributed by atoms with E-state index in [4.69, 9.17) is 10.5 Å². The summed E-state index contributed by atoms with van der Waals surface area (Å²) in [6, 6.07) is 28.2. The Labute approximate surface area is 152 Å². The minimum Gasteiger partial charge on any atom is -0.497 e. The molecule has 4 aromatic rings. The zero-order chi connectivity index (χ0) is 17.9. The van der Waals surface area contributed by atoms with E-state index in [-0.39, 0.29) is 0 Å². The molecule has 0 aliphatic heterocycles. The van der Waals surface area contributed by atoms with Crippen molar-refractivity contribution in [1.82, 2.24) is 9.78 Å². The molecule has 0 spiro atoms. The molecule has 0 saturated carbocycles. The highest BCUT2D eigenvalue weighted by Crippen LogP contribution is 2.32. The largest absolute Gasteiger partial charge is 0.497 e. The SMILES string of the molecule is COc1ccc(-c2ccccc2-n2nc(N)cc2-c2ccccc2)cc1. The third-order valence-corrected chi connectivity index (χ3v) is 4.33. The van der Waals surface area contributed by atoms with E-state index < -0.39 is 0 Å². The van der Waals surface area contributed by atoms with Crippen molar-refractivity contribution in [3.8, 4) is 33.8 Å². The lowest BCUT2D eigenvalue weighted by Crippen LogP contribution is -2.02. The van der Waals surface area contributed by atoms with Gasteiger partial charge in [0, 0.05) is 17.2 Å². The lowest BCUT2D eigenvalue weighted by molar-refractivity contribution is 0.415. The number of methoxy groups -OCH3 is 1. The van der Waals surface area contributed by atoms with Gasteiger partial charge in [-0.05, 0) is 23.8 Å². The second kappa shape index (κ2) is 6.76. The van der Waals surface area contributed by atoms with Gasteiger partial charge in [-0.2, -0.15) is 5.10 Å². The van der Waals surface area contributed by atoms with Crippen molar-refractivity contribution in [3.63, 3.8) is 0 Å². The van der Waals surface area contributed by atoms with Crippen molar-refractivity contribution < 1.29 is 4.74 Å². The van der Waals surface area contributed by atoms with Gasteiger partial charge >= 0.3 is 0 Å². The Bertz CT molecular complexity index is 1020. The Balaban J connectivity index is 1.88. The summed E-state index contributed by atoms with van der Waals surface area (Å²) >= 11 is 0. The van der Waals surface area contributed by atoms with Gasteiger partial charge in [-0.3, -0.25) is 0 Å². The van der Waals surface area contributed by atoms with Crippen molar-refractivity contribution in [1.29, 1.82) is 0 Å². The summed E-state index contributed by atoms with van der Waals surface area (Å²) in [6.07, 6.45) is 0. The lowest BCUT2D eigenvalue weighted by Gasteiger charge is -2.13. The Morgan fingerprint density at radius 3 is 2.23 bits per heavy atom. The number of benzene rings is 3. The number of hydrogen-bond acceptors (Lipinski definition) is 3. The van der Waals surface area contributed by atoms with E-state index in [0.717, 1.165) is 33.8 Å². The van der Waals surface area contributed by atoms with Gasteiger partial charge in [0.05, 0.1) is 18.5 Å². The standard InChI is InChI=1S/C22H19N3O/c1-26-18-13-11-16(12-14-18)19-9-5-6-10-20(19)25-21(15-22(23)24-25)17-7-3-2-4-8-17/h2-15H,1H3,(H2,23,24). The number of nitrogens with zero attached hydrogens (tertiary/aromatic N) is 2. The number of aromatic nitrogens is 2. The average molecular weight is 341 g/mol. The summed E-state index contributed by atoms with van der Waals surface area (Å²) in [7, 11) is 1.67. The smallest absolute Gasteiger partial charge is 0.146 e. The van der Waals surface area contributed by atoms with Crippen LogP contribution in [-0.2, 0) is 0 Å². The number of anilines is 1. The molecule has 0 aliphatic carbocycles. The van der Waals surface area contributed by atoms with Gasteiger partial charge in [-0.1, -0.05) is 60.7 Å². The molecule has 0 bridgehead atoms. The highest BCUT2D eigenvalue weighted by atomic mass is 16.5. The quantitative estimate of drug-likeness (QED) is 0.580. The van der Waals surface area contributed by atoms with E-state index in [9.17, 15) is 0 Å². The Morgan fingerprint density at radius 1 is 0.808 bits per heavy atom. The zero-order valence-corrected chi connectivity index (χ0v) is 14.5. The fourth-order valence-corrected chi connectivity index (χ4v) is 3.07. The predicted octanol–water partition coefficient (Wildman–Crippen LogP) is 4.80. The van der Waals surface area contributed by atoms with Gasteiger partial charge < -0.3 is 10.5 Å². The van der Waals surface area contributed by atoms with Crippen molar-refractivity contribution in [2.45, 2.75) is 0 Å². The van der Waals surface area contributed by atoms with Crippen molar-refractivity contribution in [3.05, 3.63) is 84.9 Å². The number of rotatable bonds is 4. The molecule has 128 valence electrons. The van der Waals surface area contributed by atoms with E-state index in [1.165, 1.54) is 0 Å². The van der Waals surface area contributed by atoms with E-state index >= 15 is 0 Å². The third-order valence-electron chi connectivity index (χ3n) is 4.33. The molecule has 1 heterocycles. The molecular weight excluding hydrogens is 322 g/mol. The number of nitrogen functional groups attached to an aromatic ring is 1. The number of hydrogen-bond donors (Lipinski definition) is 1. The normalized spacial score (nSPS) is 10.7. The molecule has 3 aromatic carbocycles. The molecule has 1 aromatic heterocycles. The van der Waals surface area contributed by atoms with Crippen LogP contribution in [0.3, 0.4) is 0 Å². The summed E-state index contributed by atoms with van der Waals surface area (Å²) in [5.74, 6) is 1.33. The van der Waals surface area contributed by atoms with Crippen LogP contribution in [0.5, 0.6) is 5.75 Å². The van der Waals surface area contributed by atoms with E-state index in [2.05, 4.69) is 29.4 Å². The van der Waals surface area contributed by atoms with Crippen LogP contribution in [0.2, 0.25) is 0 Å². The first-order valence-electron chi connectivity index (χ1n) is 8.41. The highest BCUT2D eigenvalue weighted by Gasteiger charge is 2.14. The Hall–Kier alpha value is -3.53. The summed E-state index contributed by atoms with van der Waals surface area (Å²) in [4.78, 5) is 0. The van der Waals surface area contributed by atoms with Crippen molar-refractivity contribution in [2.24, 2.45) is 0 Å². The average Bonchev–Trinajstić information content (AvgIpc) is 3.10. The van der Waals surface area contributed by atoms with Crippen LogP contribution in [-0.4, -0.2) is 16.9 Å². The van der Waals surface area contributed by atoms with Gasteiger partial charge in [-0.25, -0.2) is 4.68 Å². The van der Waals surface area contributed by atoms with Gasteiger partial charge in [0.15, 0.2) is 0 Å². The topological polar surface area (TPSA) is 53.1 Å². The predicted molar refractivity (Wildman–Crippen MR) is 105 cm³/mol.